The van der Waals surface area contributed by atoms with E-state index >= 15 is 0 Å². The van der Waals surface area contributed by atoms with Gasteiger partial charge in [0.15, 0.2) is 11.5 Å². The van der Waals surface area contributed by atoms with Gasteiger partial charge in [-0.3, -0.25) is 0 Å². The normalized spacial score (nSPS) is 12.2. The Morgan fingerprint density at radius 1 is 1.17 bits per heavy atom. The van der Waals surface area contributed by atoms with Gasteiger partial charge in [-0.2, -0.15) is 0 Å². The monoisotopic (exact) mass is 252 g/mol. The van der Waals surface area contributed by atoms with Crippen molar-refractivity contribution in [3.8, 4) is 11.5 Å². The molecule has 0 spiro atoms. The molecule has 18 heavy (non-hydrogen) atoms. The highest BCUT2D eigenvalue weighted by atomic mass is 16.5. The molecule has 0 radical (unpaired) electrons. The maximum atomic E-state index is 5.28. The largest absolute Gasteiger partial charge is 0.493 e. The lowest BCUT2D eigenvalue weighted by Crippen LogP contribution is -2.35. The minimum absolute atomic E-state index is 0.443. The van der Waals surface area contributed by atoms with E-state index in [0.29, 0.717) is 6.04 Å². The maximum absolute atomic E-state index is 5.28. The molecule has 4 nitrogen and oxygen atoms in total. The molecule has 0 aliphatic heterocycles. The van der Waals surface area contributed by atoms with E-state index in [1.165, 1.54) is 5.56 Å². The van der Waals surface area contributed by atoms with Crippen LogP contribution in [0.25, 0.3) is 0 Å². The van der Waals surface area contributed by atoms with Crippen LogP contribution in [0.2, 0.25) is 0 Å². The Labute approximate surface area is 110 Å². The molecule has 1 aromatic carbocycles. The minimum Gasteiger partial charge on any atom is -0.493 e. The van der Waals surface area contributed by atoms with Crippen molar-refractivity contribution < 1.29 is 9.47 Å². The maximum Gasteiger partial charge on any atom is 0.161 e. The van der Waals surface area contributed by atoms with E-state index in [-0.39, 0.29) is 0 Å². The molecule has 0 saturated heterocycles. The molecule has 0 heterocycles. The van der Waals surface area contributed by atoms with Crippen molar-refractivity contribution in [1.29, 1.82) is 0 Å². The average molecular weight is 252 g/mol. The van der Waals surface area contributed by atoms with Gasteiger partial charge >= 0.3 is 0 Å². The van der Waals surface area contributed by atoms with Crippen LogP contribution in [0.5, 0.6) is 11.5 Å². The number of methoxy groups -OCH3 is 2. The first-order chi connectivity index (χ1) is 8.71. The van der Waals surface area contributed by atoms with Gasteiger partial charge in [-0.25, -0.2) is 0 Å². The second-order valence-electron chi connectivity index (χ2n) is 4.28. The van der Waals surface area contributed by atoms with Crippen LogP contribution in [0, 0.1) is 0 Å². The van der Waals surface area contributed by atoms with E-state index in [1.54, 1.807) is 14.2 Å². The number of benzene rings is 1. The lowest BCUT2D eigenvalue weighted by Gasteiger charge is -2.15. The standard InChI is InChI=1S/C14H24N2O2/c1-5-15-9-11(2)16-10-12-6-7-13(17-3)14(8-12)18-4/h6-8,11,15-16H,5,9-10H2,1-4H3. The van der Waals surface area contributed by atoms with E-state index < -0.39 is 0 Å². The van der Waals surface area contributed by atoms with Gasteiger partial charge in [0.1, 0.15) is 0 Å². The van der Waals surface area contributed by atoms with Crippen molar-refractivity contribution in [2.24, 2.45) is 0 Å². The molecule has 0 amide bonds. The van der Waals surface area contributed by atoms with Gasteiger partial charge in [0, 0.05) is 19.1 Å². The Morgan fingerprint density at radius 3 is 2.50 bits per heavy atom. The van der Waals surface area contributed by atoms with Crippen LogP contribution in [-0.4, -0.2) is 33.4 Å². The molecular weight excluding hydrogens is 228 g/mol. The number of nitrogens with one attached hydrogen (secondary N) is 2. The Kier molecular flexibility index (Phi) is 6.54. The topological polar surface area (TPSA) is 42.5 Å². The quantitative estimate of drug-likeness (QED) is 0.740. The molecule has 4 heteroatoms. The molecule has 1 aromatic rings. The smallest absolute Gasteiger partial charge is 0.161 e. The fourth-order valence-electron chi connectivity index (χ4n) is 1.72. The third-order valence-corrected chi connectivity index (χ3v) is 2.80. The molecule has 0 aliphatic rings. The van der Waals surface area contributed by atoms with Crippen LogP contribution in [0.15, 0.2) is 18.2 Å². The van der Waals surface area contributed by atoms with Crippen molar-refractivity contribution in [1.82, 2.24) is 10.6 Å². The van der Waals surface area contributed by atoms with Crippen LogP contribution in [0.1, 0.15) is 19.4 Å². The molecule has 1 atom stereocenters. The predicted octanol–water partition coefficient (Wildman–Crippen LogP) is 1.79. The highest BCUT2D eigenvalue weighted by Gasteiger charge is 2.05. The molecule has 2 N–H and O–H groups in total. The summed E-state index contributed by atoms with van der Waals surface area (Å²) in [5.74, 6) is 1.54. The van der Waals surface area contributed by atoms with Gasteiger partial charge in [-0.1, -0.05) is 13.0 Å². The lowest BCUT2D eigenvalue weighted by molar-refractivity contribution is 0.354. The van der Waals surface area contributed by atoms with Gasteiger partial charge in [0.2, 0.25) is 0 Å². The summed E-state index contributed by atoms with van der Waals surface area (Å²) in [6.45, 7) is 7.09. The van der Waals surface area contributed by atoms with Crippen molar-refractivity contribution >= 4 is 0 Å². The summed E-state index contributed by atoms with van der Waals surface area (Å²) in [7, 11) is 3.30. The van der Waals surface area contributed by atoms with Gasteiger partial charge in [0.25, 0.3) is 0 Å². The van der Waals surface area contributed by atoms with Crippen molar-refractivity contribution in [2.75, 3.05) is 27.3 Å². The Bertz CT molecular complexity index is 356. The highest BCUT2D eigenvalue weighted by molar-refractivity contribution is 5.42. The molecule has 0 saturated carbocycles. The summed E-state index contributed by atoms with van der Waals surface area (Å²) in [5.41, 5.74) is 1.19. The van der Waals surface area contributed by atoms with Gasteiger partial charge in [0.05, 0.1) is 14.2 Å². The second-order valence-corrected chi connectivity index (χ2v) is 4.28. The lowest BCUT2D eigenvalue weighted by atomic mass is 10.2. The van der Waals surface area contributed by atoms with Crippen molar-refractivity contribution in [3.63, 3.8) is 0 Å². The zero-order chi connectivity index (χ0) is 13.4. The summed E-state index contributed by atoms with van der Waals surface area (Å²) in [4.78, 5) is 0. The van der Waals surface area contributed by atoms with E-state index in [9.17, 15) is 0 Å². The number of likely N-dealkylation sites (N-methyl/N-ethyl adjacent to an activating group) is 1. The Hall–Kier alpha value is -1.26. The molecule has 0 aromatic heterocycles. The van der Waals surface area contributed by atoms with Crippen LogP contribution in [0.4, 0.5) is 0 Å². The first kappa shape index (κ1) is 14.8. The Balaban J connectivity index is 2.52. The van der Waals surface area contributed by atoms with Gasteiger partial charge in [-0.15, -0.1) is 0 Å². The third-order valence-electron chi connectivity index (χ3n) is 2.80. The summed E-state index contributed by atoms with van der Waals surface area (Å²) in [6, 6.07) is 6.43. The number of rotatable bonds is 8. The fraction of sp³-hybridized carbons (Fsp3) is 0.571. The van der Waals surface area contributed by atoms with E-state index in [2.05, 4.69) is 24.5 Å². The van der Waals surface area contributed by atoms with Crippen molar-refractivity contribution in [3.05, 3.63) is 23.8 Å². The SMILES string of the molecule is CCNCC(C)NCc1ccc(OC)c(OC)c1. The van der Waals surface area contributed by atoms with Gasteiger partial charge < -0.3 is 20.1 Å². The van der Waals surface area contributed by atoms with Crippen LogP contribution >= 0.6 is 0 Å². The van der Waals surface area contributed by atoms with Crippen LogP contribution in [-0.2, 0) is 6.54 Å². The average Bonchev–Trinajstić information content (AvgIpc) is 2.42. The molecule has 0 bridgehead atoms. The molecule has 102 valence electrons. The summed E-state index contributed by atoms with van der Waals surface area (Å²) in [5, 5.41) is 6.78. The number of ether oxygens (including phenoxy) is 2. The van der Waals surface area contributed by atoms with Gasteiger partial charge in [-0.05, 0) is 31.2 Å². The third kappa shape index (κ3) is 4.55. The number of hydrogen-bond acceptors (Lipinski definition) is 4. The van der Waals surface area contributed by atoms with E-state index in [4.69, 9.17) is 9.47 Å². The second kappa shape index (κ2) is 7.95. The zero-order valence-corrected chi connectivity index (χ0v) is 11.7. The Morgan fingerprint density at radius 2 is 1.89 bits per heavy atom. The summed E-state index contributed by atoms with van der Waals surface area (Å²) in [6.07, 6.45) is 0. The van der Waals surface area contributed by atoms with E-state index in [1.807, 2.05) is 18.2 Å². The minimum atomic E-state index is 0.443. The zero-order valence-electron chi connectivity index (χ0n) is 11.7. The fourth-order valence-corrected chi connectivity index (χ4v) is 1.72. The van der Waals surface area contributed by atoms with E-state index in [0.717, 1.165) is 31.1 Å². The number of hydrogen-bond donors (Lipinski definition) is 2. The summed E-state index contributed by atoms with van der Waals surface area (Å²) >= 11 is 0. The predicted molar refractivity (Wildman–Crippen MR) is 74.4 cm³/mol. The molecule has 1 unspecified atom stereocenters. The van der Waals surface area contributed by atoms with Crippen molar-refractivity contribution in [2.45, 2.75) is 26.4 Å². The first-order valence-corrected chi connectivity index (χ1v) is 6.36. The molecule has 0 aliphatic carbocycles. The molecule has 1 rings (SSSR count). The molecular formula is C14H24N2O2. The summed E-state index contributed by atoms with van der Waals surface area (Å²) < 4.78 is 10.5. The van der Waals surface area contributed by atoms with Crippen LogP contribution in [0.3, 0.4) is 0 Å². The highest BCUT2D eigenvalue weighted by Crippen LogP contribution is 2.27. The molecule has 0 fully saturated rings. The first-order valence-electron chi connectivity index (χ1n) is 6.36. The van der Waals surface area contributed by atoms with Crippen LogP contribution < -0.4 is 20.1 Å².